The lowest BCUT2D eigenvalue weighted by Crippen LogP contribution is -2.35. The highest BCUT2D eigenvalue weighted by Crippen LogP contribution is 2.62. The van der Waals surface area contributed by atoms with Gasteiger partial charge >= 0.3 is 0 Å². The quantitative estimate of drug-likeness (QED) is 0.682. The molecule has 0 aromatic heterocycles. The van der Waals surface area contributed by atoms with Gasteiger partial charge in [0.05, 0.1) is 17.5 Å². The largest absolute Gasteiger partial charge is 0.508 e. The Morgan fingerprint density at radius 2 is 2.00 bits per heavy atom. The number of anilines is 1. The smallest absolute Gasteiger partial charge is 0.238 e. The Morgan fingerprint density at radius 3 is 2.67 bits per heavy atom. The second-order valence-corrected chi connectivity index (χ2v) is 7.45. The van der Waals surface area contributed by atoms with Gasteiger partial charge in [-0.25, -0.2) is 0 Å². The summed E-state index contributed by atoms with van der Waals surface area (Å²) in [6, 6.07) is 6.27. The number of aromatic hydroxyl groups is 1. The van der Waals surface area contributed by atoms with E-state index in [2.05, 4.69) is 18.7 Å². The number of phenols is 1. The number of hydrogen-bond donors (Lipinski definition) is 1. The van der Waals surface area contributed by atoms with Gasteiger partial charge in [-0.15, -0.1) is 6.58 Å². The van der Waals surface area contributed by atoms with Gasteiger partial charge in [0.2, 0.25) is 11.8 Å². The minimum atomic E-state index is -0.256. The molecule has 4 nitrogen and oxygen atoms in total. The van der Waals surface area contributed by atoms with E-state index in [0.717, 1.165) is 24.8 Å². The van der Waals surface area contributed by atoms with Crippen molar-refractivity contribution >= 4 is 17.5 Å². The first kappa shape index (κ1) is 15.2. The first-order valence-corrected chi connectivity index (χ1v) is 8.43. The van der Waals surface area contributed by atoms with E-state index in [1.54, 1.807) is 12.1 Å². The Kier molecular flexibility index (Phi) is 3.21. The van der Waals surface area contributed by atoms with Crippen LogP contribution in [-0.4, -0.2) is 16.9 Å². The number of imide groups is 1. The first-order valence-electron chi connectivity index (χ1n) is 8.43. The predicted octanol–water partition coefficient (Wildman–Crippen LogP) is 3.43. The lowest BCUT2D eigenvalue weighted by molar-refractivity contribution is -0.123. The molecule has 4 rings (SSSR count). The summed E-state index contributed by atoms with van der Waals surface area (Å²) >= 11 is 0. The summed E-state index contributed by atoms with van der Waals surface area (Å²) < 4.78 is 0. The number of amides is 2. The van der Waals surface area contributed by atoms with E-state index in [-0.39, 0.29) is 40.7 Å². The number of carbonyl (C=O) groups excluding carboxylic acids is 2. The molecule has 1 aromatic rings. The molecule has 4 heteroatoms. The Labute approximate surface area is 141 Å². The fourth-order valence-electron chi connectivity index (χ4n) is 4.74. The summed E-state index contributed by atoms with van der Waals surface area (Å²) in [6.45, 7) is 5.98. The lowest BCUT2D eigenvalue weighted by Gasteiger charge is -2.30. The van der Waals surface area contributed by atoms with Gasteiger partial charge in [-0.3, -0.25) is 14.5 Å². The summed E-state index contributed by atoms with van der Waals surface area (Å²) in [5, 5.41) is 9.44. The molecule has 2 amide bonds. The van der Waals surface area contributed by atoms with Crippen LogP contribution >= 0.6 is 0 Å². The third-order valence-electron chi connectivity index (χ3n) is 5.85. The van der Waals surface area contributed by atoms with Gasteiger partial charge in [-0.1, -0.05) is 17.7 Å². The second-order valence-electron chi connectivity index (χ2n) is 7.45. The summed E-state index contributed by atoms with van der Waals surface area (Å²) in [5.41, 5.74) is 1.45. The molecule has 1 aromatic carbocycles. The average molecular weight is 323 g/mol. The van der Waals surface area contributed by atoms with Crippen LogP contribution < -0.4 is 4.90 Å². The molecule has 24 heavy (non-hydrogen) atoms. The topological polar surface area (TPSA) is 57.6 Å². The standard InChI is InChI=1S/C20H21NO3/c1-12(2)7-9-20-10-8-13(11-20)16-17(20)19(24)21(18(16)23)14-3-5-15(22)6-4-14/h3-6,8,10,13,16-17,22H,1,7,9,11H2,2H3. The van der Waals surface area contributed by atoms with Gasteiger partial charge in [0.25, 0.3) is 0 Å². The van der Waals surface area contributed by atoms with Crippen LogP contribution in [0.1, 0.15) is 26.2 Å². The first-order chi connectivity index (χ1) is 11.4. The Bertz CT molecular complexity index is 764. The number of allylic oxidation sites excluding steroid dienone is 3. The zero-order chi connectivity index (χ0) is 17.1. The van der Waals surface area contributed by atoms with Crippen molar-refractivity contribution in [3.8, 4) is 5.75 Å². The van der Waals surface area contributed by atoms with E-state index in [9.17, 15) is 14.7 Å². The lowest BCUT2D eigenvalue weighted by atomic mass is 9.71. The van der Waals surface area contributed by atoms with Gasteiger partial charge in [0.15, 0.2) is 0 Å². The molecule has 2 aliphatic carbocycles. The molecular weight excluding hydrogens is 302 g/mol. The third-order valence-corrected chi connectivity index (χ3v) is 5.85. The number of benzene rings is 1. The number of nitrogens with zero attached hydrogens (tertiary/aromatic N) is 1. The monoisotopic (exact) mass is 323 g/mol. The summed E-state index contributed by atoms with van der Waals surface area (Å²) in [6.07, 6.45) is 6.95. The molecular formula is C20H21NO3. The molecule has 0 radical (unpaired) electrons. The minimum absolute atomic E-state index is 0.0933. The molecule has 1 saturated carbocycles. The fourth-order valence-corrected chi connectivity index (χ4v) is 4.74. The molecule has 4 atom stereocenters. The normalized spacial score (nSPS) is 33.4. The molecule has 0 spiro atoms. The number of phenolic OH excluding ortho intramolecular Hbond substituents is 1. The molecule has 1 heterocycles. The van der Waals surface area contributed by atoms with Gasteiger partial charge in [0, 0.05) is 5.41 Å². The van der Waals surface area contributed by atoms with Gasteiger partial charge in [0.1, 0.15) is 5.75 Å². The Morgan fingerprint density at radius 1 is 1.29 bits per heavy atom. The highest BCUT2D eigenvalue weighted by atomic mass is 16.3. The Balaban J connectivity index is 1.69. The Hall–Kier alpha value is -2.36. The highest BCUT2D eigenvalue weighted by Gasteiger charge is 2.65. The second kappa shape index (κ2) is 5.07. The van der Waals surface area contributed by atoms with Crippen LogP contribution in [0.25, 0.3) is 0 Å². The van der Waals surface area contributed by atoms with Crippen molar-refractivity contribution in [3.05, 3.63) is 48.6 Å². The summed E-state index contributed by atoms with van der Waals surface area (Å²) in [5.74, 6) is -0.391. The van der Waals surface area contributed by atoms with Crippen LogP contribution in [-0.2, 0) is 9.59 Å². The van der Waals surface area contributed by atoms with Crippen molar-refractivity contribution in [1.82, 2.24) is 0 Å². The molecule has 1 aliphatic heterocycles. The van der Waals surface area contributed by atoms with Crippen LogP contribution in [0.3, 0.4) is 0 Å². The number of hydrogen-bond acceptors (Lipinski definition) is 3. The van der Waals surface area contributed by atoms with Crippen molar-refractivity contribution in [2.45, 2.75) is 26.2 Å². The molecule has 3 aliphatic rings. The molecule has 2 fully saturated rings. The maximum Gasteiger partial charge on any atom is 0.238 e. The van der Waals surface area contributed by atoms with Crippen LogP contribution in [0.15, 0.2) is 48.6 Å². The SMILES string of the molecule is C=C(C)CCC12C=CC(C1)C1C(=O)N(c3ccc(O)cc3)C(=O)C12. The van der Waals surface area contributed by atoms with E-state index in [0.29, 0.717) is 5.69 Å². The maximum absolute atomic E-state index is 13.1. The molecule has 1 saturated heterocycles. The molecule has 124 valence electrons. The average Bonchev–Trinajstić information content (AvgIpc) is 3.18. The van der Waals surface area contributed by atoms with Crippen molar-refractivity contribution in [3.63, 3.8) is 0 Å². The van der Waals surface area contributed by atoms with E-state index < -0.39 is 0 Å². The van der Waals surface area contributed by atoms with Crippen molar-refractivity contribution in [2.75, 3.05) is 4.90 Å². The number of fused-ring (bicyclic) bond motifs is 5. The highest BCUT2D eigenvalue weighted by molar-refractivity contribution is 6.23. The van der Waals surface area contributed by atoms with Crippen molar-refractivity contribution in [2.24, 2.45) is 23.2 Å². The maximum atomic E-state index is 13.1. The number of rotatable bonds is 4. The summed E-state index contributed by atoms with van der Waals surface area (Å²) in [7, 11) is 0. The zero-order valence-electron chi connectivity index (χ0n) is 13.7. The van der Waals surface area contributed by atoms with Crippen molar-refractivity contribution < 1.29 is 14.7 Å². The van der Waals surface area contributed by atoms with Gasteiger partial charge in [-0.2, -0.15) is 0 Å². The molecule has 1 N–H and O–H groups in total. The van der Waals surface area contributed by atoms with Gasteiger partial charge < -0.3 is 5.11 Å². The van der Waals surface area contributed by atoms with Crippen LogP contribution in [0, 0.1) is 23.2 Å². The van der Waals surface area contributed by atoms with Crippen LogP contribution in [0.4, 0.5) is 5.69 Å². The number of carbonyl (C=O) groups is 2. The van der Waals surface area contributed by atoms with Crippen LogP contribution in [0.5, 0.6) is 5.75 Å². The van der Waals surface area contributed by atoms with Crippen LogP contribution in [0.2, 0.25) is 0 Å². The van der Waals surface area contributed by atoms with Gasteiger partial charge in [-0.05, 0) is 56.4 Å². The fraction of sp³-hybridized carbons (Fsp3) is 0.400. The minimum Gasteiger partial charge on any atom is -0.508 e. The van der Waals surface area contributed by atoms with E-state index in [1.165, 1.54) is 17.0 Å². The predicted molar refractivity (Wildman–Crippen MR) is 91.3 cm³/mol. The van der Waals surface area contributed by atoms with E-state index in [1.807, 2.05) is 6.92 Å². The summed E-state index contributed by atoms with van der Waals surface area (Å²) in [4.78, 5) is 27.4. The molecule has 4 unspecified atom stereocenters. The molecule has 2 bridgehead atoms. The van der Waals surface area contributed by atoms with E-state index >= 15 is 0 Å². The van der Waals surface area contributed by atoms with E-state index in [4.69, 9.17) is 0 Å². The van der Waals surface area contributed by atoms with Crippen molar-refractivity contribution in [1.29, 1.82) is 0 Å². The third kappa shape index (κ3) is 1.98. The zero-order valence-corrected chi connectivity index (χ0v) is 13.7.